The van der Waals surface area contributed by atoms with Gasteiger partial charge in [0.05, 0.1) is 18.3 Å². The van der Waals surface area contributed by atoms with Gasteiger partial charge in [0.1, 0.15) is 10.9 Å². The van der Waals surface area contributed by atoms with Crippen LogP contribution in [-0.2, 0) is 16.0 Å². The minimum atomic E-state index is -0.656. The van der Waals surface area contributed by atoms with Crippen molar-refractivity contribution in [3.63, 3.8) is 0 Å². The highest BCUT2D eigenvalue weighted by molar-refractivity contribution is 7.17. The Hall–Kier alpha value is -2.47. The first-order valence-electron chi connectivity index (χ1n) is 9.34. The summed E-state index contributed by atoms with van der Waals surface area (Å²) in [5.74, 6) is -0.383. The van der Waals surface area contributed by atoms with Crippen LogP contribution in [0.3, 0.4) is 0 Å². The van der Waals surface area contributed by atoms with Gasteiger partial charge in [-0.2, -0.15) is 0 Å². The summed E-state index contributed by atoms with van der Waals surface area (Å²) < 4.78 is 6.68. The van der Waals surface area contributed by atoms with Gasteiger partial charge >= 0.3 is 5.97 Å². The summed E-state index contributed by atoms with van der Waals surface area (Å²) in [6, 6.07) is 7.56. The van der Waals surface area contributed by atoms with Gasteiger partial charge in [-0.25, -0.2) is 9.78 Å². The Kier molecular flexibility index (Phi) is 6.06. The molecule has 2 aromatic heterocycles. The van der Waals surface area contributed by atoms with E-state index in [0.717, 1.165) is 24.0 Å². The van der Waals surface area contributed by atoms with Crippen LogP contribution in [0.5, 0.6) is 0 Å². The van der Waals surface area contributed by atoms with E-state index in [4.69, 9.17) is 4.74 Å². The van der Waals surface area contributed by atoms with Crippen molar-refractivity contribution < 1.29 is 9.53 Å². The Morgan fingerprint density at radius 3 is 2.59 bits per heavy atom. The van der Waals surface area contributed by atoms with Crippen molar-refractivity contribution in [1.82, 2.24) is 9.55 Å². The lowest BCUT2D eigenvalue weighted by atomic mass is 10.0. The summed E-state index contributed by atoms with van der Waals surface area (Å²) in [6.45, 7) is 6.27. The maximum atomic E-state index is 13.2. The Morgan fingerprint density at radius 1 is 1.22 bits per heavy atom. The van der Waals surface area contributed by atoms with Gasteiger partial charge in [-0.15, -0.1) is 11.3 Å². The molecule has 5 nitrogen and oxygen atoms in total. The number of rotatable bonds is 7. The molecule has 0 aliphatic rings. The van der Waals surface area contributed by atoms with Crippen molar-refractivity contribution in [2.75, 3.05) is 6.61 Å². The predicted octanol–water partition coefficient (Wildman–Crippen LogP) is 4.59. The second-order valence-electron chi connectivity index (χ2n) is 6.43. The summed E-state index contributed by atoms with van der Waals surface area (Å²) in [5.41, 5.74) is 2.90. The molecule has 3 rings (SSSR count). The number of fused-ring (bicyclic) bond motifs is 1. The van der Waals surface area contributed by atoms with Gasteiger partial charge in [-0.05, 0) is 30.4 Å². The third kappa shape index (κ3) is 3.81. The van der Waals surface area contributed by atoms with Crippen LogP contribution in [0.1, 0.15) is 45.2 Å². The Morgan fingerprint density at radius 2 is 1.96 bits per heavy atom. The van der Waals surface area contributed by atoms with Crippen molar-refractivity contribution in [1.29, 1.82) is 0 Å². The second-order valence-corrected chi connectivity index (χ2v) is 7.29. The van der Waals surface area contributed by atoms with E-state index in [0.29, 0.717) is 23.2 Å². The minimum absolute atomic E-state index is 0.198. The van der Waals surface area contributed by atoms with E-state index in [1.807, 2.05) is 31.4 Å². The van der Waals surface area contributed by atoms with Crippen molar-refractivity contribution >= 4 is 27.5 Å². The maximum Gasteiger partial charge on any atom is 0.329 e. The third-order valence-corrected chi connectivity index (χ3v) is 5.52. The van der Waals surface area contributed by atoms with Gasteiger partial charge < -0.3 is 4.74 Å². The molecular formula is C21H24N2O3S. The second kappa shape index (κ2) is 8.48. The number of hydrogen-bond donors (Lipinski definition) is 0. The van der Waals surface area contributed by atoms with E-state index in [1.165, 1.54) is 27.8 Å². The van der Waals surface area contributed by atoms with Crippen molar-refractivity contribution in [2.24, 2.45) is 0 Å². The first-order valence-corrected chi connectivity index (χ1v) is 10.2. The number of benzene rings is 1. The van der Waals surface area contributed by atoms with Gasteiger partial charge in [-0.1, -0.05) is 45.0 Å². The molecule has 0 N–H and O–H groups in total. The van der Waals surface area contributed by atoms with Gasteiger partial charge in [0, 0.05) is 10.9 Å². The van der Waals surface area contributed by atoms with E-state index in [9.17, 15) is 9.59 Å². The van der Waals surface area contributed by atoms with Crippen molar-refractivity contribution in [3.8, 4) is 11.1 Å². The Labute approximate surface area is 162 Å². The van der Waals surface area contributed by atoms with Crippen LogP contribution in [-0.4, -0.2) is 22.1 Å². The fourth-order valence-electron chi connectivity index (χ4n) is 3.08. The molecule has 0 spiro atoms. The molecule has 1 aromatic carbocycles. The molecule has 0 aliphatic carbocycles. The van der Waals surface area contributed by atoms with E-state index in [1.54, 1.807) is 0 Å². The average molecular weight is 385 g/mol. The number of ether oxygens (including phenoxy) is 1. The Bertz CT molecular complexity index is 989. The van der Waals surface area contributed by atoms with Crippen LogP contribution in [0.25, 0.3) is 21.3 Å². The molecule has 0 fully saturated rings. The quantitative estimate of drug-likeness (QED) is 0.559. The first kappa shape index (κ1) is 19.3. The normalized spacial score (nSPS) is 12.3. The van der Waals surface area contributed by atoms with Crippen LogP contribution in [0.4, 0.5) is 0 Å². The van der Waals surface area contributed by atoms with Crippen LogP contribution >= 0.6 is 11.3 Å². The number of thiophene rings is 1. The SMILES string of the molecule is CCCOC(=O)C(CC)n1cnc2scc(-c3ccc(CC)cc3)c2c1=O. The lowest BCUT2D eigenvalue weighted by Crippen LogP contribution is -2.31. The van der Waals surface area contributed by atoms with E-state index in [-0.39, 0.29) is 11.5 Å². The largest absolute Gasteiger partial charge is 0.464 e. The highest BCUT2D eigenvalue weighted by Crippen LogP contribution is 2.31. The zero-order valence-corrected chi connectivity index (χ0v) is 16.7. The molecule has 142 valence electrons. The summed E-state index contributed by atoms with van der Waals surface area (Å²) in [6.07, 6.45) is 3.65. The molecule has 2 heterocycles. The molecule has 6 heteroatoms. The topological polar surface area (TPSA) is 61.2 Å². The predicted molar refractivity (Wildman–Crippen MR) is 109 cm³/mol. The fourth-order valence-corrected chi connectivity index (χ4v) is 3.98. The zero-order valence-electron chi connectivity index (χ0n) is 15.9. The third-order valence-electron chi connectivity index (χ3n) is 4.64. The van der Waals surface area contributed by atoms with Crippen molar-refractivity contribution in [2.45, 2.75) is 46.1 Å². The van der Waals surface area contributed by atoms with Crippen LogP contribution < -0.4 is 5.56 Å². The number of nitrogens with zero attached hydrogens (tertiary/aromatic N) is 2. The zero-order chi connectivity index (χ0) is 19.4. The van der Waals surface area contributed by atoms with Crippen LogP contribution in [0.2, 0.25) is 0 Å². The molecule has 0 radical (unpaired) electrons. The number of aryl methyl sites for hydroxylation is 1. The Balaban J connectivity index is 2.08. The fraction of sp³-hybridized carbons (Fsp3) is 0.381. The van der Waals surface area contributed by atoms with E-state index >= 15 is 0 Å². The number of carbonyl (C=O) groups is 1. The summed E-state index contributed by atoms with van der Waals surface area (Å²) in [5, 5.41) is 2.52. The minimum Gasteiger partial charge on any atom is -0.464 e. The standard InChI is InChI=1S/C21H24N2O3S/c1-4-11-26-21(25)17(6-3)23-13-22-19-18(20(23)24)16(12-27-19)15-9-7-14(5-2)8-10-15/h7-10,12-13,17H,4-6,11H2,1-3H3. The summed E-state index contributed by atoms with van der Waals surface area (Å²) in [7, 11) is 0. The summed E-state index contributed by atoms with van der Waals surface area (Å²) >= 11 is 1.44. The lowest BCUT2D eigenvalue weighted by molar-refractivity contribution is -0.147. The van der Waals surface area contributed by atoms with Gasteiger partial charge in [-0.3, -0.25) is 9.36 Å². The van der Waals surface area contributed by atoms with Crippen LogP contribution in [0, 0.1) is 0 Å². The molecular weight excluding hydrogens is 360 g/mol. The average Bonchev–Trinajstić information content (AvgIpc) is 3.13. The molecule has 1 unspecified atom stereocenters. The van der Waals surface area contributed by atoms with Gasteiger partial charge in [0.2, 0.25) is 0 Å². The molecule has 3 aromatic rings. The number of esters is 1. The molecule has 0 aliphatic heterocycles. The highest BCUT2D eigenvalue weighted by Gasteiger charge is 2.23. The molecule has 0 saturated heterocycles. The van der Waals surface area contributed by atoms with Crippen LogP contribution in [0.15, 0.2) is 40.8 Å². The van der Waals surface area contributed by atoms with E-state index < -0.39 is 6.04 Å². The summed E-state index contributed by atoms with van der Waals surface area (Å²) in [4.78, 5) is 30.7. The number of aromatic nitrogens is 2. The first-order chi connectivity index (χ1) is 13.1. The molecule has 1 atom stereocenters. The monoisotopic (exact) mass is 384 g/mol. The van der Waals surface area contributed by atoms with Crippen molar-refractivity contribution in [3.05, 3.63) is 51.9 Å². The number of hydrogen-bond acceptors (Lipinski definition) is 5. The maximum absolute atomic E-state index is 13.2. The van der Waals surface area contributed by atoms with Gasteiger partial charge in [0.25, 0.3) is 5.56 Å². The van der Waals surface area contributed by atoms with E-state index in [2.05, 4.69) is 24.0 Å². The highest BCUT2D eigenvalue weighted by atomic mass is 32.1. The smallest absolute Gasteiger partial charge is 0.329 e. The molecule has 0 saturated carbocycles. The lowest BCUT2D eigenvalue weighted by Gasteiger charge is -2.16. The molecule has 0 bridgehead atoms. The molecule has 27 heavy (non-hydrogen) atoms. The van der Waals surface area contributed by atoms with Gasteiger partial charge in [0.15, 0.2) is 0 Å². The molecule has 0 amide bonds. The number of carbonyl (C=O) groups excluding carboxylic acids is 1.